The van der Waals surface area contributed by atoms with Gasteiger partial charge in [-0.15, -0.1) is 0 Å². The minimum atomic E-state index is -0.591. The van der Waals surface area contributed by atoms with Crippen molar-refractivity contribution in [2.45, 2.75) is 12.8 Å². The van der Waals surface area contributed by atoms with Gasteiger partial charge in [-0.3, -0.25) is 9.59 Å². The molecule has 0 bridgehead atoms. The zero-order valence-electron chi connectivity index (χ0n) is 13.4. The second-order valence-corrected chi connectivity index (χ2v) is 5.74. The lowest BCUT2D eigenvalue weighted by atomic mass is 10.1. The van der Waals surface area contributed by atoms with Crippen LogP contribution in [0.25, 0.3) is 0 Å². The van der Waals surface area contributed by atoms with Gasteiger partial charge in [-0.2, -0.15) is 0 Å². The van der Waals surface area contributed by atoms with E-state index in [9.17, 15) is 14.4 Å². The van der Waals surface area contributed by atoms with Crippen LogP contribution in [-0.4, -0.2) is 62.1 Å². The number of carbonyl (C=O) groups is 3. The number of ether oxygens (including phenoxy) is 2. The molecule has 1 aromatic carbocycles. The van der Waals surface area contributed by atoms with E-state index in [4.69, 9.17) is 9.47 Å². The number of nitrogens with zero attached hydrogens (tertiary/aromatic N) is 2. The quantitative estimate of drug-likeness (QED) is 0.763. The fraction of sp³-hybridized carbons (Fsp3) is 0.471. The van der Waals surface area contributed by atoms with Crippen LogP contribution in [0.5, 0.6) is 0 Å². The Morgan fingerprint density at radius 3 is 2.58 bits per heavy atom. The fourth-order valence-corrected chi connectivity index (χ4v) is 2.89. The largest absolute Gasteiger partial charge is 0.452 e. The van der Waals surface area contributed by atoms with Crippen LogP contribution in [0.1, 0.15) is 23.2 Å². The van der Waals surface area contributed by atoms with Crippen LogP contribution < -0.4 is 4.90 Å². The van der Waals surface area contributed by atoms with E-state index < -0.39 is 5.97 Å². The summed E-state index contributed by atoms with van der Waals surface area (Å²) < 4.78 is 10.4. The van der Waals surface area contributed by atoms with Gasteiger partial charge in [0.05, 0.1) is 24.5 Å². The molecule has 0 aliphatic carbocycles. The number of hydrogen-bond acceptors (Lipinski definition) is 5. The molecule has 2 heterocycles. The van der Waals surface area contributed by atoms with E-state index in [2.05, 4.69) is 0 Å². The van der Waals surface area contributed by atoms with Crippen LogP contribution >= 0.6 is 0 Å². The summed E-state index contributed by atoms with van der Waals surface area (Å²) in [4.78, 5) is 39.6. The number of rotatable bonds is 4. The van der Waals surface area contributed by atoms with E-state index in [1.54, 1.807) is 34.1 Å². The monoisotopic (exact) mass is 332 g/mol. The van der Waals surface area contributed by atoms with Crippen LogP contribution in [0.15, 0.2) is 24.3 Å². The molecule has 0 radical (unpaired) electrons. The lowest BCUT2D eigenvalue weighted by Gasteiger charge is -2.26. The molecule has 0 N–H and O–H groups in total. The summed E-state index contributed by atoms with van der Waals surface area (Å²) in [6.07, 6.45) is 1.26. The van der Waals surface area contributed by atoms with Crippen molar-refractivity contribution in [2.75, 3.05) is 44.4 Å². The van der Waals surface area contributed by atoms with Gasteiger partial charge in [-0.05, 0) is 18.6 Å². The molecule has 7 nitrogen and oxygen atoms in total. The van der Waals surface area contributed by atoms with Crippen LogP contribution in [0.3, 0.4) is 0 Å². The maximum Gasteiger partial charge on any atom is 0.340 e. The van der Waals surface area contributed by atoms with E-state index in [-0.39, 0.29) is 18.4 Å². The van der Waals surface area contributed by atoms with Crippen LogP contribution in [0, 0.1) is 0 Å². The van der Waals surface area contributed by atoms with Crippen LogP contribution in [0.2, 0.25) is 0 Å². The molecular formula is C17H20N2O5. The number of benzene rings is 1. The summed E-state index contributed by atoms with van der Waals surface area (Å²) in [6, 6.07) is 6.83. The first-order valence-corrected chi connectivity index (χ1v) is 8.09. The molecule has 2 aliphatic rings. The molecule has 0 spiro atoms. The van der Waals surface area contributed by atoms with Crippen molar-refractivity contribution in [3.05, 3.63) is 29.8 Å². The molecule has 2 aliphatic heterocycles. The smallest absolute Gasteiger partial charge is 0.340 e. The first-order valence-electron chi connectivity index (χ1n) is 8.09. The van der Waals surface area contributed by atoms with Gasteiger partial charge in [-0.1, -0.05) is 12.1 Å². The molecule has 1 aromatic rings. The Labute approximate surface area is 140 Å². The molecule has 0 unspecified atom stereocenters. The van der Waals surface area contributed by atoms with Gasteiger partial charge in [0.25, 0.3) is 5.91 Å². The van der Waals surface area contributed by atoms with Crippen molar-refractivity contribution in [1.82, 2.24) is 4.90 Å². The molecular weight excluding hydrogens is 312 g/mol. The highest BCUT2D eigenvalue weighted by molar-refractivity contribution is 6.03. The molecule has 2 saturated heterocycles. The number of anilines is 1. The summed E-state index contributed by atoms with van der Waals surface area (Å²) >= 11 is 0. The number of morpholine rings is 1. The number of para-hydroxylation sites is 1. The van der Waals surface area contributed by atoms with Gasteiger partial charge < -0.3 is 19.3 Å². The Kier molecular flexibility index (Phi) is 5.10. The SMILES string of the molecule is O=C(OCC(=O)N1CCOCC1)c1ccccc1N1CCCC1=O. The van der Waals surface area contributed by atoms with E-state index in [0.717, 1.165) is 6.42 Å². The van der Waals surface area contributed by atoms with Crippen molar-refractivity contribution in [3.63, 3.8) is 0 Å². The Morgan fingerprint density at radius 1 is 1.12 bits per heavy atom. The molecule has 0 atom stereocenters. The van der Waals surface area contributed by atoms with E-state index in [1.165, 1.54) is 0 Å². The van der Waals surface area contributed by atoms with Crippen molar-refractivity contribution in [2.24, 2.45) is 0 Å². The minimum absolute atomic E-state index is 0.000330. The van der Waals surface area contributed by atoms with E-state index in [0.29, 0.717) is 50.5 Å². The topological polar surface area (TPSA) is 76.2 Å². The van der Waals surface area contributed by atoms with E-state index in [1.807, 2.05) is 0 Å². The average molecular weight is 332 g/mol. The number of carbonyl (C=O) groups excluding carboxylic acids is 3. The molecule has 2 fully saturated rings. The maximum absolute atomic E-state index is 12.4. The summed E-state index contributed by atoms with van der Waals surface area (Å²) in [5.74, 6) is -0.826. The summed E-state index contributed by atoms with van der Waals surface area (Å²) in [7, 11) is 0. The van der Waals surface area contributed by atoms with Crippen molar-refractivity contribution < 1.29 is 23.9 Å². The molecule has 128 valence electrons. The summed E-state index contributed by atoms with van der Waals surface area (Å²) in [6.45, 7) is 2.31. The predicted octanol–water partition coefficient (Wildman–Crippen LogP) is 0.829. The minimum Gasteiger partial charge on any atom is -0.452 e. The standard InChI is InChI=1S/C17H20N2O5/c20-15-6-3-7-19(15)14-5-2-1-4-13(14)17(22)24-12-16(21)18-8-10-23-11-9-18/h1-2,4-5H,3,6-12H2. The number of esters is 1. The third kappa shape index (κ3) is 3.56. The Bertz CT molecular complexity index is 640. The van der Waals surface area contributed by atoms with Crippen molar-refractivity contribution in [1.29, 1.82) is 0 Å². The molecule has 3 rings (SSSR count). The van der Waals surface area contributed by atoms with Gasteiger partial charge in [0.15, 0.2) is 6.61 Å². The second-order valence-electron chi connectivity index (χ2n) is 5.74. The first kappa shape index (κ1) is 16.4. The Balaban J connectivity index is 1.64. The fourth-order valence-electron chi connectivity index (χ4n) is 2.89. The van der Waals surface area contributed by atoms with Gasteiger partial charge in [0, 0.05) is 26.1 Å². The van der Waals surface area contributed by atoms with Crippen LogP contribution in [-0.2, 0) is 19.1 Å². The third-order valence-electron chi connectivity index (χ3n) is 4.18. The number of amides is 2. The second kappa shape index (κ2) is 7.44. The normalized spacial score (nSPS) is 17.9. The lowest BCUT2D eigenvalue weighted by molar-refractivity contribution is -0.138. The molecule has 0 saturated carbocycles. The first-order chi connectivity index (χ1) is 11.7. The average Bonchev–Trinajstić information content (AvgIpc) is 3.06. The lowest BCUT2D eigenvalue weighted by Crippen LogP contribution is -2.42. The van der Waals surface area contributed by atoms with Gasteiger partial charge in [0.1, 0.15) is 0 Å². The zero-order valence-corrected chi connectivity index (χ0v) is 13.4. The molecule has 2 amide bonds. The van der Waals surface area contributed by atoms with Crippen LogP contribution in [0.4, 0.5) is 5.69 Å². The zero-order chi connectivity index (χ0) is 16.9. The Hall–Kier alpha value is -2.41. The summed E-state index contributed by atoms with van der Waals surface area (Å²) in [5.41, 5.74) is 0.853. The van der Waals surface area contributed by atoms with Gasteiger partial charge in [0.2, 0.25) is 5.91 Å². The van der Waals surface area contributed by atoms with E-state index >= 15 is 0 Å². The van der Waals surface area contributed by atoms with Crippen molar-refractivity contribution in [3.8, 4) is 0 Å². The highest BCUT2D eigenvalue weighted by Gasteiger charge is 2.26. The third-order valence-corrected chi connectivity index (χ3v) is 4.18. The molecule has 0 aromatic heterocycles. The van der Waals surface area contributed by atoms with Gasteiger partial charge >= 0.3 is 5.97 Å². The van der Waals surface area contributed by atoms with Gasteiger partial charge in [-0.25, -0.2) is 4.79 Å². The molecule has 24 heavy (non-hydrogen) atoms. The predicted molar refractivity (Wildman–Crippen MR) is 85.7 cm³/mol. The summed E-state index contributed by atoms with van der Waals surface area (Å²) in [5, 5.41) is 0. The number of hydrogen-bond donors (Lipinski definition) is 0. The Morgan fingerprint density at radius 2 is 1.88 bits per heavy atom. The maximum atomic E-state index is 12.4. The highest BCUT2D eigenvalue weighted by atomic mass is 16.5. The molecule has 7 heteroatoms. The van der Waals surface area contributed by atoms with Crippen molar-refractivity contribution >= 4 is 23.5 Å². The highest BCUT2D eigenvalue weighted by Crippen LogP contribution is 2.25.